The Morgan fingerprint density at radius 2 is 1.25 bits per heavy atom. The molecule has 0 spiro atoms. The summed E-state index contributed by atoms with van der Waals surface area (Å²) in [5.74, 6) is 0. The fraction of sp³-hybridized carbons (Fsp3) is 1.00. The first-order valence-electron chi connectivity index (χ1n) is 7.46. The summed E-state index contributed by atoms with van der Waals surface area (Å²) < 4.78 is 20.6. The topological polar surface area (TPSA) is 179 Å². The summed E-state index contributed by atoms with van der Waals surface area (Å²) in [4.78, 5) is 0. The van der Waals surface area contributed by atoms with Crippen LogP contribution < -0.4 is 0 Å². The molecule has 2 fully saturated rings. The molecule has 2 aliphatic heterocycles. The van der Waals surface area contributed by atoms with Gasteiger partial charge in [0, 0.05) is 7.11 Å². The zero-order valence-electron chi connectivity index (χ0n) is 13.0. The van der Waals surface area contributed by atoms with Crippen LogP contribution in [0.5, 0.6) is 0 Å². The molecule has 0 saturated carbocycles. The number of ether oxygens (including phenoxy) is 4. The summed E-state index contributed by atoms with van der Waals surface area (Å²) in [5, 5.41) is 68.1. The third-order valence-corrected chi connectivity index (χ3v) is 4.19. The van der Waals surface area contributed by atoms with Gasteiger partial charge in [-0.15, -0.1) is 0 Å². The minimum Gasteiger partial charge on any atom is -0.394 e. The maximum atomic E-state index is 10.2. The Morgan fingerprint density at radius 1 is 0.708 bits per heavy atom. The van der Waals surface area contributed by atoms with Crippen molar-refractivity contribution in [2.45, 2.75) is 61.4 Å². The van der Waals surface area contributed by atoms with E-state index in [9.17, 15) is 30.6 Å². The molecule has 2 heterocycles. The monoisotopic (exact) mass is 356 g/mol. The van der Waals surface area contributed by atoms with E-state index in [1.807, 2.05) is 0 Å². The average molecular weight is 356 g/mol. The number of aliphatic hydroxyl groups excluding tert-OH is 7. The lowest BCUT2D eigenvalue weighted by Crippen LogP contribution is -2.64. The Kier molecular flexibility index (Phi) is 6.87. The molecule has 2 aliphatic rings. The van der Waals surface area contributed by atoms with Gasteiger partial charge in [-0.3, -0.25) is 0 Å². The number of hydrogen-bond donors (Lipinski definition) is 7. The van der Waals surface area contributed by atoms with E-state index < -0.39 is 74.6 Å². The van der Waals surface area contributed by atoms with Crippen LogP contribution in [0.25, 0.3) is 0 Å². The highest BCUT2D eigenvalue weighted by Gasteiger charge is 2.50. The molecule has 0 radical (unpaired) electrons. The van der Waals surface area contributed by atoms with Gasteiger partial charge in [-0.25, -0.2) is 0 Å². The highest BCUT2D eigenvalue weighted by Crippen LogP contribution is 2.29. The minimum absolute atomic E-state index is 0.581. The van der Waals surface area contributed by atoms with Crippen molar-refractivity contribution in [2.75, 3.05) is 20.3 Å². The van der Waals surface area contributed by atoms with Crippen LogP contribution in [0.3, 0.4) is 0 Å². The molecule has 7 N–H and O–H groups in total. The van der Waals surface area contributed by atoms with E-state index in [0.717, 1.165) is 0 Å². The highest BCUT2D eigenvalue weighted by molar-refractivity contribution is 4.93. The van der Waals surface area contributed by atoms with Gasteiger partial charge >= 0.3 is 0 Å². The van der Waals surface area contributed by atoms with Crippen LogP contribution in [0.4, 0.5) is 0 Å². The number of methoxy groups -OCH3 is 1. The smallest absolute Gasteiger partial charge is 0.187 e. The van der Waals surface area contributed by atoms with E-state index in [4.69, 9.17) is 24.1 Å². The van der Waals surface area contributed by atoms with Crippen molar-refractivity contribution in [2.24, 2.45) is 0 Å². The quantitative estimate of drug-likeness (QED) is 0.251. The van der Waals surface area contributed by atoms with Gasteiger partial charge < -0.3 is 54.7 Å². The van der Waals surface area contributed by atoms with E-state index in [2.05, 4.69) is 0 Å². The van der Waals surface area contributed by atoms with Crippen molar-refractivity contribution in [3.63, 3.8) is 0 Å². The maximum Gasteiger partial charge on any atom is 0.187 e. The molecule has 0 amide bonds. The molecule has 0 aliphatic carbocycles. The van der Waals surface area contributed by atoms with Crippen molar-refractivity contribution >= 4 is 0 Å². The van der Waals surface area contributed by atoms with Crippen molar-refractivity contribution in [1.82, 2.24) is 0 Å². The van der Waals surface area contributed by atoms with Gasteiger partial charge in [0.05, 0.1) is 13.2 Å². The van der Waals surface area contributed by atoms with Crippen molar-refractivity contribution in [3.8, 4) is 0 Å². The van der Waals surface area contributed by atoms with E-state index in [1.54, 1.807) is 0 Å². The van der Waals surface area contributed by atoms with Gasteiger partial charge in [0.1, 0.15) is 48.8 Å². The molecule has 0 aromatic heterocycles. The van der Waals surface area contributed by atoms with Crippen molar-refractivity contribution in [1.29, 1.82) is 0 Å². The zero-order chi connectivity index (χ0) is 18.0. The van der Waals surface area contributed by atoms with Gasteiger partial charge in [0.25, 0.3) is 0 Å². The highest BCUT2D eigenvalue weighted by atomic mass is 16.7. The molecule has 10 atom stereocenters. The van der Waals surface area contributed by atoms with Gasteiger partial charge in [-0.1, -0.05) is 0 Å². The molecule has 11 heteroatoms. The van der Waals surface area contributed by atoms with Crippen LogP contribution in [0.1, 0.15) is 0 Å². The van der Waals surface area contributed by atoms with Gasteiger partial charge in [-0.05, 0) is 0 Å². The molecule has 24 heavy (non-hydrogen) atoms. The largest absolute Gasteiger partial charge is 0.394 e. The number of aliphatic hydroxyl groups is 7. The second-order valence-corrected chi connectivity index (χ2v) is 5.74. The molecule has 2 saturated heterocycles. The minimum atomic E-state index is -1.70. The predicted molar refractivity (Wildman–Crippen MR) is 73.4 cm³/mol. The fourth-order valence-corrected chi connectivity index (χ4v) is 2.74. The van der Waals surface area contributed by atoms with Crippen molar-refractivity contribution in [3.05, 3.63) is 0 Å². The van der Waals surface area contributed by atoms with Gasteiger partial charge in [0.15, 0.2) is 12.6 Å². The van der Waals surface area contributed by atoms with E-state index in [0.29, 0.717) is 0 Å². The SMILES string of the molecule is COC1OC(CO)C(O)[C@H](O[C@H]2OC(CO)[C@H](O)C(O)C2O)C1O. The lowest BCUT2D eigenvalue weighted by molar-refractivity contribution is -0.358. The van der Waals surface area contributed by atoms with Gasteiger partial charge in [-0.2, -0.15) is 0 Å². The summed E-state index contributed by atoms with van der Waals surface area (Å²) in [6.45, 7) is -1.23. The lowest BCUT2D eigenvalue weighted by Gasteiger charge is -2.45. The zero-order valence-corrected chi connectivity index (χ0v) is 13.0. The van der Waals surface area contributed by atoms with Crippen LogP contribution in [0.2, 0.25) is 0 Å². The third-order valence-electron chi connectivity index (χ3n) is 4.19. The normalized spacial score (nSPS) is 50.0. The van der Waals surface area contributed by atoms with E-state index >= 15 is 0 Å². The standard InChI is InChI=1S/C13H24O11/c1-21-12-10(20)11(7(17)5(3-15)22-12)24-13-9(19)8(18)6(16)4(2-14)23-13/h4-20H,2-3H2,1H3/t4?,5?,6-,7?,8?,9?,10?,11-,12?,13+/m0/s1. The van der Waals surface area contributed by atoms with Crippen LogP contribution >= 0.6 is 0 Å². The molecular formula is C13H24O11. The predicted octanol–water partition coefficient (Wildman–Crippen LogP) is -4.74. The Bertz CT molecular complexity index is 378. The molecular weight excluding hydrogens is 332 g/mol. The Labute approximate surface area is 137 Å². The molecule has 0 aromatic rings. The fourth-order valence-electron chi connectivity index (χ4n) is 2.74. The Hall–Kier alpha value is -0.440. The van der Waals surface area contributed by atoms with Gasteiger partial charge in [0.2, 0.25) is 0 Å². The molecule has 2 rings (SSSR count). The van der Waals surface area contributed by atoms with Crippen molar-refractivity contribution < 1.29 is 54.7 Å². The Balaban J connectivity index is 2.14. The number of rotatable bonds is 5. The lowest BCUT2D eigenvalue weighted by atomic mass is 9.97. The van der Waals surface area contributed by atoms with E-state index in [-0.39, 0.29) is 0 Å². The molecule has 142 valence electrons. The summed E-state index contributed by atoms with van der Waals surface area (Å²) in [7, 11) is 1.24. The second kappa shape index (κ2) is 8.29. The maximum absolute atomic E-state index is 10.2. The van der Waals surface area contributed by atoms with Crippen LogP contribution in [-0.4, -0.2) is 117 Å². The Morgan fingerprint density at radius 3 is 1.79 bits per heavy atom. The summed E-state index contributed by atoms with van der Waals surface area (Å²) in [5.41, 5.74) is 0. The summed E-state index contributed by atoms with van der Waals surface area (Å²) >= 11 is 0. The summed E-state index contributed by atoms with van der Waals surface area (Å²) in [6.07, 6.45) is -14.4. The average Bonchev–Trinajstić information content (AvgIpc) is 2.58. The third kappa shape index (κ3) is 3.71. The first-order chi connectivity index (χ1) is 11.3. The summed E-state index contributed by atoms with van der Waals surface area (Å²) in [6, 6.07) is 0. The second-order valence-electron chi connectivity index (χ2n) is 5.74. The van der Waals surface area contributed by atoms with Crippen LogP contribution in [0, 0.1) is 0 Å². The van der Waals surface area contributed by atoms with Crippen LogP contribution in [-0.2, 0) is 18.9 Å². The molecule has 0 aromatic carbocycles. The van der Waals surface area contributed by atoms with E-state index in [1.165, 1.54) is 7.11 Å². The number of hydrogen-bond acceptors (Lipinski definition) is 11. The first kappa shape index (κ1) is 19.9. The molecule has 7 unspecified atom stereocenters. The van der Waals surface area contributed by atoms with Crippen LogP contribution in [0.15, 0.2) is 0 Å². The first-order valence-corrected chi connectivity index (χ1v) is 7.46. The molecule has 11 nitrogen and oxygen atoms in total. The molecule has 0 bridgehead atoms.